The van der Waals surface area contributed by atoms with Gasteiger partial charge in [0, 0.05) is 26.1 Å². The van der Waals surface area contributed by atoms with Gasteiger partial charge in [-0.15, -0.1) is 34.2 Å². The van der Waals surface area contributed by atoms with Crippen molar-refractivity contribution in [1.82, 2.24) is 30.3 Å². The number of aryl methyl sites for hydroxylation is 1. The minimum atomic E-state index is 0. The first-order valence-electron chi connectivity index (χ1n) is 10.5. The second-order valence-corrected chi connectivity index (χ2v) is 7.50. The van der Waals surface area contributed by atoms with Crippen LogP contribution in [0.2, 0.25) is 0 Å². The maximum atomic E-state index is 5.71. The first-order valence-corrected chi connectivity index (χ1v) is 10.5. The largest absolute Gasteiger partial charge is 0.468 e. The highest BCUT2D eigenvalue weighted by Gasteiger charge is 2.25. The van der Waals surface area contributed by atoms with Gasteiger partial charge < -0.3 is 19.6 Å². The Morgan fingerprint density at radius 3 is 2.80 bits per heavy atom. The normalized spacial score (nSPS) is 15.6. The molecule has 1 aliphatic rings. The van der Waals surface area contributed by atoms with Crippen LogP contribution in [-0.4, -0.2) is 58.3 Å². The van der Waals surface area contributed by atoms with Crippen molar-refractivity contribution in [3.8, 4) is 0 Å². The number of likely N-dealkylation sites (tertiary alicyclic amines) is 1. The third-order valence-corrected chi connectivity index (χ3v) is 5.09. The van der Waals surface area contributed by atoms with Crippen molar-refractivity contribution in [1.29, 1.82) is 0 Å². The zero-order chi connectivity index (χ0) is 20.5. The molecule has 3 heterocycles. The Morgan fingerprint density at radius 2 is 2.13 bits per heavy atom. The number of guanidine groups is 1. The van der Waals surface area contributed by atoms with Crippen LogP contribution in [0.1, 0.15) is 44.3 Å². The number of aliphatic imine (C=N–C) groups is 1. The molecule has 3 rings (SSSR count). The van der Waals surface area contributed by atoms with E-state index in [4.69, 9.17) is 9.41 Å². The van der Waals surface area contributed by atoms with E-state index < -0.39 is 0 Å². The summed E-state index contributed by atoms with van der Waals surface area (Å²) in [5, 5.41) is 14.9. The summed E-state index contributed by atoms with van der Waals surface area (Å²) in [7, 11) is 0. The van der Waals surface area contributed by atoms with E-state index in [1.165, 1.54) is 12.8 Å². The van der Waals surface area contributed by atoms with Crippen molar-refractivity contribution in [2.75, 3.05) is 32.7 Å². The molecule has 0 spiro atoms. The van der Waals surface area contributed by atoms with Crippen molar-refractivity contribution >= 4 is 29.9 Å². The smallest absolute Gasteiger partial charge is 0.191 e. The maximum absolute atomic E-state index is 5.71. The highest BCUT2D eigenvalue weighted by molar-refractivity contribution is 14.0. The second-order valence-electron chi connectivity index (χ2n) is 7.50. The molecule has 166 valence electrons. The van der Waals surface area contributed by atoms with E-state index in [1.807, 2.05) is 19.1 Å². The van der Waals surface area contributed by atoms with Gasteiger partial charge in [-0.1, -0.05) is 19.1 Å². The van der Waals surface area contributed by atoms with E-state index in [1.54, 1.807) is 12.6 Å². The lowest BCUT2D eigenvalue weighted by Gasteiger charge is -2.24. The Bertz CT molecular complexity index is 781. The molecule has 1 saturated heterocycles. The number of nitrogens with zero attached hydrogens (tertiary/aromatic N) is 5. The molecule has 0 aromatic carbocycles. The fourth-order valence-corrected chi connectivity index (χ4v) is 3.54. The van der Waals surface area contributed by atoms with Gasteiger partial charge >= 0.3 is 0 Å². The van der Waals surface area contributed by atoms with Gasteiger partial charge in [0.2, 0.25) is 0 Å². The van der Waals surface area contributed by atoms with Gasteiger partial charge in [-0.2, -0.15) is 0 Å². The highest BCUT2D eigenvalue weighted by Crippen LogP contribution is 2.25. The maximum Gasteiger partial charge on any atom is 0.191 e. The number of hydrogen-bond donors (Lipinski definition) is 2. The summed E-state index contributed by atoms with van der Waals surface area (Å²) >= 11 is 0. The first kappa shape index (κ1) is 24.4. The molecular weight excluding hydrogens is 493 g/mol. The monoisotopic (exact) mass is 527 g/mol. The molecular formula is C21H34IN7O. The summed E-state index contributed by atoms with van der Waals surface area (Å²) in [5.74, 6) is 2.76. The van der Waals surface area contributed by atoms with Crippen LogP contribution in [-0.2, 0) is 13.0 Å². The Morgan fingerprint density at radius 1 is 1.33 bits per heavy atom. The van der Waals surface area contributed by atoms with Crippen molar-refractivity contribution < 1.29 is 4.42 Å². The third kappa shape index (κ3) is 7.12. The van der Waals surface area contributed by atoms with Crippen LogP contribution in [0, 0.1) is 0 Å². The molecule has 30 heavy (non-hydrogen) atoms. The van der Waals surface area contributed by atoms with Crippen LogP contribution in [0.4, 0.5) is 0 Å². The molecule has 1 unspecified atom stereocenters. The lowest BCUT2D eigenvalue weighted by Crippen LogP contribution is -2.40. The van der Waals surface area contributed by atoms with Gasteiger partial charge in [0.1, 0.15) is 17.9 Å². The molecule has 0 radical (unpaired) electrons. The lowest BCUT2D eigenvalue weighted by atomic mass is 10.2. The van der Waals surface area contributed by atoms with Crippen molar-refractivity contribution in [3.63, 3.8) is 0 Å². The Labute approximate surface area is 196 Å². The van der Waals surface area contributed by atoms with E-state index in [9.17, 15) is 0 Å². The molecule has 1 atom stereocenters. The molecule has 0 saturated carbocycles. The Balaban J connectivity index is 0.00000320. The zero-order valence-electron chi connectivity index (χ0n) is 18.0. The second kappa shape index (κ2) is 12.7. The zero-order valence-corrected chi connectivity index (χ0v) is 20.3. The predicted octanol–water partition coefficient (Wildman–Crippen LogP) is 3.00. The Kier molecular flexibility index (Phi) is 10.4. The van der Waals surface area contributed by atoms with Gasteiger partial charge in [-0.05, 0) is 45.0 Å². The molecule has 0 aliphatic carbocycles. The summed E-state index contributed by atoms with van der Waals surface area (Å²) in [6.45, 7) is 13.1. The van der Waals surface area contributed by atoms with E-state index in [0.717, 1.165) is 55.7 Å². The van der Waals surface area contributed by atoms with Crippen LogP contribution in [0.3, 0.4) is 0 Å². The van der Waals surface area contributed by atoms with E-state index in [-0.39, 0.29) is 30.0 Å². The van der Waals surface area contributed by atoms with E-state index in [2.05, 4.69) is 43.8 Å². The van der Waals surface area contributed by atoms with Crippen molar-refractivity contribution in [2.24, 2.45) is 4.99 Å². The summed E-state index contributed by atoms with van der Waals surface area (Å²) in [6, 6.07) is 4.16. The van der Waals surface area contributed by atoms with Crippen molar-refractivity contribution in [2.45, 2.75) is 45.7 Å². The summed E-state index contributed by atoms with van der Waals surface area (Å²) in [5.41, 5.74) is 1.06. The van der Waals surface area contributed by atoms with Crippen LogP contribution in [0.5, 0.6) is 0 Å². The first-order chi connectivity index (χ1) is 14.2. The SMILES string of the molecule is C=C(C)CNC(=NCC(c1ccco1)N1CCCC1)NCCn1cnnc1CC.I. The number of hydrogen-bond acceptors (Lipinski definition) is 5. The fraction of sp³-hybridized carbons (Fsp3) is 0.571. The van der Waals surface area contributed by atoms with Gasteiger partial charge in [0.25, 0.3) is 0 Å². The van der Waals surface area contributed by atoms with Gasteiger partial charge in [-0.25, -0.2) is 0 Å². The average molecular weight is 527 g/mol. The Hall–Kier alpha value is -1.88. The van der Waals surface area contributed by atoms with Crippen LogP contribution < -0.4 is 10.6 Å². The highest BCUT2D eigenvalue weighted by atomic mass is 127. The fourth-order valence-electron chi connectivity index (χ4n) is 3.54. The van der Waals surface area contributed by atoms with Crippen LogP contribution >= 0.6 is 24.0 Å². The number of halogens is 1. The van der Waals surface area contributed by atoms with Gasteiger partial charge in [0.05, 0.1) is 18.8 Å². The molecule has 2 aromatic heterocycles. The molecule has 9 heteroatoms. The minimum Gasteiger partial charge on any atom is -0.468 e. The third-order valence-electron chi connectivity index (χ3n) is 5.09. The van der Waals surface area contributed by atoms with Gasteiger partial charge in [0.15, 0.2) is 5.96 Å². The summed E-state index contributed by atoms with van der Waals surface area (Å²) in [4.78, 5) is 7.33. The molecule has 1 fully saturated rings. The van der Waals surface area contributed by atoms with E-state index >= 15 is 0 Å². The molecule has 0 amide bonds. The molecule has 0 bridgehead atoms. The standard InChI is InChI=1S/C21H33N7O.HI/c1-4-20-26-25-16-28(20)12-9-22-21(23-14-17(2)3)24-15-18(19-8-7-13-29-19)27-10-5-6-11-27;/h7-8,13,16,18H,2,4-6,9-12,14-15H2,1,3H3,(H2,22,23,24);1H. The molecule has 8 nitrogen and oxygen atoms in total. The number of rotatable bonds is 10. The van der Waals surface area contributed by atoms with Crippen LogP contribution in [0.25, 0.3) is 0 Å². The van der Waals surface area contributed by atoms with E-state index in [0.29, 0.717) is 13.1 Å². The summed E-state index contributed by atoms with van der Waals surface area (Å²) in [6.07, 6.45) is 6.86. The predicted molar refractivity (Wildman–Crippen MR) is 130 cm³/mol. The van der Waals surface area contributed by atoms with Crippen LogP contribution in [0.15, 0.2) is 46.3 Å². The van der Waals surface area contributed by atoms with Gasteiger partial charge in [-0.3, -0.25) is 9.89 Å². The van der Waals surface area contributed by atoms with Crippen molar-refractivity contribution in [3.05, 3.63) is 48.5 Å². The molecule has 2 N–H and O–H groups in total. The topological polar surface area (TPSA) is 83.5 Å². The lowest BCUT2D eigenvalue weighted by molar-refractivity contribution is 0.221. The average Bonchev–Trinajstić information content (AvgIpc) is 3.48. The molecule has 2 aromatic rings. The molecule has 1 aliphatic heterocycles. The number of aromatic nitrogens is 3. The number of nitrogens with one attached hydrogen (secondary N) is 2. The quantitative estimate of drug-likeness (QED) is 0.214. The number of furan rings is 1. The minimum absolute atomic E-state index is 0. The summed E-state index contributed by atoms with van der Waals surface area (Å²) < 4.78 is 7.78.